The molecule has 0 radical (unpaired) electrons. The van der Waals surface area contributed by atoms with Crippen molar-refractivity contribution in [2.75, 3.05) is 24.2 Å². The minimum atomic E-state index is -3.79. The lowest BCUT2D eigenvalue weighted by molar-refractivity contribution is -0.140. The van der Waals surface area contributed by atoms with Crippen LogP contribution in [0, 0.1) is 0 Å². The summed E-state index contributed by atoms with van der Waals surface area (Å²) < 4.78 is 31.7. The van der Waals surface area contributed by atoms with Gasteiger partial charge in [-0.3, -0.25) is 13.9 Å². The van der Waals surface area contributed by atoms with Crippen LogP contribution in [0.2, 0.25) is 0 Å². The van der Waals surface area contributed by atoms with Crippen LogP contribution in [0.4, 0.5) is 5.69 Å². The lowest BCUT2D eigenvalue weighted by atomic mass is 10.1. The molecule has 1 saturated carbocycles. The van der Waals surface area contributed by atoms with Gasteiger partial charge in [0.2, 0.25) is 21.8 Å². The molecule has 190 valence electrons. The van der Waals surface area contributed by atoms with Crippen LogP contribution in [0.3, 0.4) is 0 Å². The van der Waals surface area contributed by atoms with Gasteiger partial charge in [-0.15, -0.1) is 0 Å². The van der Waals surface area contributed by atoms with Gasteiger partial charge in [0, 0.05) is 18.7 Å². The maximum Gasteiger partial charge on any atom is 0.244 e. The van der Waals surface area contributed by atoms with Crippen molar-refractivity contribution < 1.29 is 22.7 Å². The lowest BCUT2D eigenvalue weighted by Gasteiger charge is -2.33. The number of sulfonamides is 1. The molecule has 0 aromatic heterocycles. The van der Waals surface area contributed by atoms with Crippen LogP contribution in [0.5, 0.6) is 5.75 Å². The lowest BCUT2D eigenvalue weighted by Crippen LogP contribution is -2.53. The summed E-state index contributed by atoms with van der Waals surface area (Å²) in [4.78, 5) is 28.4. The van der Waals surface area contributed by atoms with E-state index in [9.17, 15) is 18.0 Å². The normalized spacial score (nSPS) is 14.8. The van der Waals surface area contributed by atoms with Gasteiger partial charge in [-0.25, -0.2) is 8.42 Å². The molecule has 2 amide bonds. The zero-order valence-electron chi connectivity index (χ0n) is 20.6. The third kappa shape index (κ3) is 7.21. The smallest absolute Gasteiger partial charge is 0.244 e. The molecule has 2 aromatic rings. The van der Waals surface area contributed by atoms with Gasteiger partial charge in [0.05, 0.1) is 19.1 Å². The minimum Gasteiger partial charge on any atom is -0.497 e. The number of hydrogen-bond donors (Lipinski definition) is 1. The van der Waals surface area contributed by atoms with E-state index in [1.807, 2.05) is 37.3 Å². The maximum absolute atomic E-state index is 13.7. The number of ether oxygens (including phenoxy) is 1. The van der Waals surface area contributed by atoms with E-state index >= 15 is 0 Å². The molecule has 9 heteroatoms. The first kappa shape index (κ1) is 26.5. The fraction of sp³-hybridized carbons (Fsp3) is 0.462. The molecule has 1 atom stereocenters. The van der Waals surface area contributed by atoms with Gasteiger partial charge in [-0.1, -0.05) is 56.2 Å². The number of nitrogens with one attached hydrogen (secondary N) is 1. The van der Waals surface area contributed by atoms with Crippen molar-refractivity contribution in [3.05, 3.63) is 60.2 Å². The van der Waals surface area contributed by atoms with Gasteiger partial charge >= 0.3 is 0 Å². The summed E-state index contributed by atoms with van der Waals surface area (Å²) in [6.07, 6.45) is 5.51. The average Bonchev–Trinajstić information content (AvgIpc) is 3.35. The van der Waals surface area contributed by atoms with Crippen molar-refractivity contribution in [2.45, 2.75) is 57.7 Å². The third-order valence-corrected chi connectivity index (χ3v) is 7.44. The second-order valence-electron chi connectivity index (χ2n) is 8.89. The Balaban J connectivity index is 1.90. The highest BCUT2D eigenvalue weighted by atomic mass is 32.2. The number of methoxy groups -OCH3 is 1. The van der Waals surface area contributed by atoms with E-state index in [-0.39, 0.29) is 18.5 Å². The molecular weight excluding hydrogens is 466 g/mol. The average molecular weight is 502 g/mol. The Morgan fingerprint density at radius 2 is 1.77 bits per heavy atom. The molecule has 0 aliphatic heterocycles. The number of benzene rings is 2. The Bertz CT molecular complexity index is 1100. The summed E-state index contributed by atoms with van der Waals surface area (Å²) in [5.41, 5.74) is 1.18. The SMILES string of the molecule is CC[C@@H](C(=O)NC1CCCC1)N(Cc1ccccc1)C(=O)CN(c1cccc(OC)c1)S(C)(=O)=O. The fourth-order valence-electron chi connectivity index (χ4n) is 4.45. The summed E-state index contributed by atoms with van der Waals surface area (Å²) in [6, 6.07) is 15.4. The molecule has 0 heterocycles. The van der Waals surface area contributed by atoms with E-state index in [4.69, 9.17) is 4.74 Å². The fourth-order valence-corrected chi connectivity index (χ4v) is 5.29. The van der Waals surface area contributed by atoms with Gasteiger partial charge in [0.25, 0.3) is 0 Å². The van der Waals surface area contributed by atoms with Crippen LogP contribution < -0.4 is 14.4 Å². The Morgan fingerprint density at radius 1 is 1.09 bits per heavy atom. The molecule has 1 aliphatic rings. The van der Waals surface area contributed by atoms with E-state index in [1.165, 1.54) is 12.0 Å². The van der Waals surface area contributed by atoms with Crippen molar-refractivity contribution in [3.8, 4) is 5.75 Å². The van der Waals surface area contributed by atoms with Gasteiger partial charge in [0.15, 0.2) is 0 Å². The summed E-state index contributed by atoms with van der Waals surface area (Å²) in [5.74, 6) is -0.168. The number of hydrogen-bond acceptors (Lipinski definition) is 5. The molecule has 0 spiro atoms. The first-order valence-corrected chi connectivity index (χ1v) is 13.8. The number of nitrogens with zero attached hydrogens (tertiary/aromatic N) is 2. The van der Waals surface area contributed by atoms with E-state index < -0.39 is 28.5 Å². The van der Waals surface area contributed by atoms with Crippen LogP contribution in [-0.4, -0.2) is 57.1 Å². The maximum atomic E-state index is 13.7. The molecular formula is C26H35N3O5S. The van der Waals surface area contributed by atoms with Gasteiger partial charge < -0.3 is 15.0 Å². The summed E-state index contributed by atoms with van der Waals surface area (Å²) in [6.45, 7) is 1.64. The predicted molar refractivity (Wildman–Crippen MR) is 137 cm³/mol. The number of anilines is 1. The van der Waals surface area contributed by atoms with Crippen LogP contribution in [0.25, 0.3) is 0 Å². The number of amides is 2. The van der Waals surface area contributed by atoms with Crippen molar-refractivity contribution in [2.24, 2.45) is 0 Å². The predicted octanol–water partition coefficient (Wildman–Crippen LogP) is 3.33. The van der Waals surface area contributed by atoms with E-state index in [0.29, 0.717) is 17.9 Å². The highest BCUT2D eigenvalue weighted by molar-refractivity contribution is 7.92. The van der Waals surface area contributed by atoms with Crippen LogP contribution in [0.1, 0.15) is 44.6 Å². The van der Waals surface area contributed by atoms with Crippen LogP contribution in [-0.2, 0) is 26.2 Å². The highest BCUT2D eigenvalue weighted by Gasteiger charge is 2.33. The Hall–Kier alpha value is -3.07. The van der Waals surface area contributed by atoms with Crippen molar-refractivity contribution in [1.82, 2.24) is 10.2 Å². The topological polar surface area (TPSA) is 96.0 Å². The Morgan fingerprint density at radius 3 is 2.37 bits per heavy atom. The summed E-state index contributed by atoms with van der Waals surface area (Å²) >= 11 is 0. The van der Waals surface area contributed by atoms with E-state index in [1.54, 1.807) is 24.3 Å². The quantitative estimate of drug-likeness (QED) is 0.510. The number of rotatable bonds is 11. The van der Waals surface area contributed by atoms with Crippen molar-refractivity contribution in [1.29, 1.82) is 0 Å². The van der Waals surface area contributed by atoms with Crippen molar-refractivity contribution in [3.63, 3.8) is 0 Å². The molecule has 1 aliphatic carbocycles. The van der Waals surface area contributed by atoms with Crippen molar-refractivity contribution >= 4 is 27.5 Å². The second kappa shape index (κ2) is 12.1. The van der Waals surface area contributed by atoms with Gasteiger partial charge in [-0.05, 0) is 37.0 Å². The molecule has 3 rings (SSSR count). The summed E-state index contributed by atoms with van der Waals surface area (Å²) in [5, 5.41) is 3.10. The number of carbonyl (C=O) groups excluding carboxylic acids is 2. The van der Waals surface area contributed by atoms with E-state index in [2.05, 4.69) is 5.32 Å². The zero-order valence-corrected chi connectivity index (χ0v) is 21.5. The summed E-state index contributed by atoms with van der Waals surface area (Å²) in [7, 11) is -2.29. The largest absolute Gasteiger partial charge is 0.497 e. The Kier molecular flexibility index (Phi) is 9.14. The van der Waals surface area contributed by atoms with Crippen LogP contribution >= 0.6 is 0 Å². The molecule has 35 heavy (non-hydrogen) atoms. The molecule has 0 unspecified atom stereocenters. The minimum absolute atomic E-state index is 0.120. The molecule has 1 N–H and O–H groups in total. The monoisotopic (exact) mass is 501 g/mol. The van der Waals surface area contributed by atoms with Gasteiger partial charge in [0.1, 0.15) is 18.3 Å². The second-order valence-corrected chi connectivity index (χ2v) is 10.8. The zero-order chi connectivity index (χ0) is 25.4. The first-order chi connectivity index (χ1) is 16.7. The highest BCUT2D eigenvalue weighted by Crippen LogP contribution is 2.24. The van der Waals surface area contributed by atoms with Gasteiger partial charge in [-0.2, -0.15) is 0 Å². The van der Waals surface area contributed by atoms with Crippen LogP contribution in [0.15, 0.2) is 54.6 Å². The first-order valence-electron chi connectivity index (χ1n) is 12.0. The Labute approximate surface area is 208 Å². The molecule has 0 bridgehead atoms. The molecule has 1 fully saturated rings. The number of carbonyl (C=O) groups is 2. The standard InChI is InChI=1S/C26H35N3O5S/c1-4-24(26(31)27-21-13-8-9-14-21)28(18-20-11-6-5-7-12-20)25(30)19-29(35(3,32)33)22-15-10-16-23(17-22)34-2/h5-7,10-12,15-17,21,24H,4,8-9,13-14,18-19H2,1-3H3,(H,27,31)/t24-/m0/s1. The molecule has 0 saturated heterocycles. The third-order valence-electron chi connectivity index (χ3n) is 6.30. The molecule has 8 nitrogen and oxygen atoms in total. The van der Waals surface area contributed by atoms with E-state index in [0.717, 1.165) is 41.8 Å². The molecule has 2 aromatic carbocycles.